The zero-order valence-electron chi connectivity index (χ0n) is 17.9. The molecule has 0 unspecified atom stereocenters. The highest BCUT2D eigenvalue weighted by Gasteiger charge is 2.24. The van der Waals surface area contributed by atoms with Crippen LogP contribution in [0.3, 0.4) is 0 Å². The van der Waals surface area contributed by atoms with Crippen LogP contribution in [0.25, 0.3) is 43.0 Å². The van der Waals surface area contributed by atoms with Gasteiger partial charge in [0.25, 0.3) is 0 Å². The lowest BCUT2D eigenvalue weighted by molar-refractivity contribution is 0.302. The number of H-pyrrole nitrogens is 2. The highest BCUT2D eigenvalue weighted by atomic mass is 32.1. The van der Waals surface area contributed by atoms with Crippen LogP contribution in [0.1, 0.15) is 37.1 Å². The summed E-state index contributed by atoms with van der Waals surface area (Å²) in [6.07, 6.45) is 1.70. The number of nitrogens with zero attached hydrogens (tertiary/aromatic N) is 2. The number of aromatic amines is 2. The van der Waals surface area contributed by atoms with Gasteiger partial charge < -0.3 is 14.7 Å². The predicted octanol–water partition coefficient (Wildman–Crippen LogP) is 6.81. The largest absolute Gasteiger partial charge is 0.485 e. The fraction of sp³-hybridized carbons (Fsp3) is 0.200. The van der Waals surface area contributed by atoms with Crippen LogP contribution in [0.4, 0.5) is 4.39 Å². The lowest BCUT2D eigenvalue weighted by Crippen LogP contribution is -2.05. The number of rotatable bonds is 3. The van der Waals surface area contributed by atoms with Crippen LogP contribution in [0.2, 0.25) is 0 Å². The van der Waals surface area contributed by atoms with Gasteiger partial charge in [0.05, 0.1) is 22.3 Å². The molecule has 6 rings (SSSR count). The van der Waals surface area contributed by atoms with Crippen LogP contribution in [0, 0.1) is 12.7 Å². The molecule has 0 saturated carbocycles. The van der Waals surface area contributed by atoms with Gasteiger partial charge in [-0.25, -0.2) is 14.4 Å². The number of benzene rings is 2. The maximum atomic E-state index is 15.0. The highest BCUT2D eigenvalue weighted by Crippen LogP contribution is 2.46. The van der Waals surface area contributed by atoms with Crippen molar-refractivity contribution in [3.8, 4) is 38.7 Å². The molecule has 0 fully saturated rings. The Balaban J connectivity index is 1.40. The van der Waals surface area contributed by atoms with E-state index < -0.39 is 0 Å². The summed E-state index contributed by atoms with van der Waals surface area (Å²) in [5, 5.41) is 1.09. The van der Waals surface area contributed by atoms with Crippen molar-refractivity contribution in [1.29, 1.82) is 0 Å². The minimum atomic E-state index is -0.269. The van der Waals surface area contributed by atoms with Gasteiger partial charge in [-0.2, -0.15) is 0 Å². The molecule has 5 nitrogen and oxygen atoms in total. The quantitative estimate of drug-likeness (QED) is 0.321. The van der Waals surface area contributed by atoms with Crippen molar-refractivity contribution >= 4 is 21.4 Å². The third kappa shape index (κ3) is 2.96. The standard InChI is InChI=1S/C25H21FN4OS/c1-12(2)25-27-10-19(30-25)16-6-4-14(8-18(16)26)21-9-15-5-7-17-22-20(28-13(3)29-22)11-31-23(17)24(15)32-21/h4-10,12H,11H2,1-3H3,(H,27,30)(H,28,29). The molecule has 7 heteroatoms. The Kier molecular flexibility index (Phi) is 4.23. The van der Waals surface area contributed by atoms with Gasteiger partial charge in [-0.15, -0.1) is 11.3 Å². The lowest BCUT2D eigenvalue weighted by atomic mass is 10.0. The van der Waals surface area contributed by atoms with Crippen molar-refractivity contribution < 1.29 is 9.13 Å². The summed E-state index contributed by atoms with van der Waals surface area (Å²) in [6.45, 7) is 6.51. The first-order valence-electron chi connectivity index (χ1n) is 10.6. The van der Waals surface area contributed by atoms with Crippen molar-refractivity contribution in [2.75, 3.05) is 0 Å². The number of hydrogen-bond acceptors (Lipinski definition) is 4. The summed E-state index contributed by atoms with van der Waals surface area (Å²) in [4.78, 5) is 16.4. The van der Waals surface area contributed by atoms with Crippen LogP contribution in [-0.2, 0) is 6.61 Å². The van der Waals surface area contributed by atoms with Gasteiger partial charge in [0.2, 0.25) is 0 Å². The Morgan fingerprint density at radius 1 is 1.09 bits per heavy atom. The Bertz CT molecular complexity index is 1490. The lowest BCUT2D eigenvalue weighted by Gasteiger charge is -2.17. The van der Waals surface area contributed by atoms with Gasteiger partial charge in [0, 0.05) is 21.9 Å². The van der Waals surface area contributed by atoms with E-state index in [0.717, 1.165) is 54.9 Å². The smallest absolute Gasteiger partial charge is 0.147 e. The van der Waals surface area contributed by atoms with Gasteiger partial charge in [-0.05, 0) is 42.1 Å². The molecule has 4 heterocycles. The average Bonchev–Trinajstić information content (AvgIpc) is 3.50. The number of halogens is 1. The fourth-order valence-corrected chi connectivity index (χ4v) is 5.38. The molecular formula is C25H21FN4OS. The molecule has 5 aromatic rings. The predicted molar refractivity (Wildman–Crippen MR) is 126 cm³/mol. The van der Waals surface area contributed by atoms with Gasteiger partial charge in [0.15, 0.2) is 0 Å². The summed E-state index contributed by atoms with van der Waals surface area (Å²) >= 11 is 1.62. The topological polar surface area (TPSA) is 66.6 Å². The number of imidazole rings is 2. The molecule has 2 N–H and O–H groups in total. The van der Waals surface area contributed by atoms with E-state index in [-0.39, 0.29) is 11.7 Å². The van der Waals surface area contributed by atoms with Crippen molar-refractivity contribution in [3.63, 3.8) is 0 Å². The van der Waals surface area contributed by atoms with Crippen molar-refractivity contribution in [1.82, 2.24) is 19.9 Å². The molecule has 1 aliphatic heterocycles. The van der Waals surface area contributed by atoms with Crippen LogP contribution in [0.5, 0.6) is 5.75 Å². The highest BCUT2D eigenvalue weighted by molar-refractivity contribution is 7.22. The zero-order chi connectivity index (χ0) is 22.0. The summed E-state index contributed by atoms with van der Waals surface area (Å²) in [5.41, 5.74) is 5.05. The second kappa shape index (κ2) is 7.03. The fourth-order valence-electron chi connectivity index (χ4n) is 4.22. The molecule has 2 aromatic carbocycles. The third-order valence-electron chi connectivity index (χ3n) is 5.85. The van der Waals surface area contributed by atoms with Crippen LogP contribution < -0.4 is 4.74 Å². The molecule has 1 aliphatic rings. The van der Waals surface area contributed by atoms with E-state index in [2.05, 4.69) is 52.0 Å². The first-order valence-corrected chi connectivity index (χ1v) is 11.4. The Morgan fingerprint density at radius 2 is 1.94 bits per heavy atom. The normalized spacial score (nSPS) is 12.8. The van der Waals surface area contributed by atoms with Gasteiger partial charge >= 0.3 is 0 Å². The van der Waals surface area contributed by atoms with E-state index in [9.17, 15) is 0 Å². The summed E-state index contributed by atoms with van der Waals surface area (Å²) in [7, 11) is 0. The molecule has 0 amide bonds. The molecule has 0 bridgehead atoms. The zero-order valence-corrected chi connectivity index (χ0v) is 18.7. The van der Waals surface area contributed by atoms with Crippen molar-refractivity contribution in [3.05, 3.63) is 65.8 Å². The van der Waals surface area contributed by atoms with Gasteiger partial charge in [-0.3, -0.25) is 0 Å². The van der Waals surface area contributed by atoms with E-state index in [1.165, 1.54) is 0 Å². The molecule has 32 heavy (non-hydrogen) atoms. The molecule has 0 radical (unpaired) electrons. The summed E-state index contributed by atoms with van der Waals surface area (Å²) in [5.74, 6) is 2.60. The van der Waals surface area contributed by atoms with Crippen LogP contribution in [0.15, 0.2) is 42.6 Å². The molecular weight excluding hydrogens is 423 g/mol. The SMILES string of the molecule is Cc1nc2c([nH]1)-c1ccc3cc(-c4ccc(-c5cnc(C(C)C)[nH]5)c(F)c4)sc3c1OC2. The van der Waals surface area contributed by atoms with E-state index in [4.69, 9.17) is 4.74 Å². The van der Waals surface area contributed by atoms with Gasteiger partial charge in [-0.1, -0.05) is 26.0 Å². The molecule has 160 valence electrons. The monoisotopic (exact) mass is 444 g/mol. The number of aromatic nitrogens is 4. The maximum absolute atomic E-state index is 15.0. The number of aryl methyl sites for hydroxylation is 1. The average molecular weight is 445 g/mol. The number of hydrogen-bond donors (Lipinski definition) is 2. The second-order valence-corrected chi connectivity index (χ2v) is 9.49. The first kappa shape index (κ1) is 19.3. The van der Waals surface area contributed by atoms with Crippen molar-refractivity contribution in [2.45, 2.75) is 33.3 Å². The Hall–Kier alpha value is -3.45. The van der Waals surface area contributed by atoms with Gasteiger partial charge in [0.1, 0.15) is 35.5 Å². The Labute approximate surface area is 188 Å². The molecule has 3 aromatic heterocycles. The first-order chi connectivity index (χ1) is 15.5. The molecule has 0 atom stereocenters. The summed E-state index contributed by atoms with van der Waals surface area (Å²) in [6, 6.07) is 11.6. The Morgan fingerprint density at radius 3 is 2.72 bits per heavy atom. The summed E-state index contributed by atoms with van der Waals surface area (Å²) < 4.78 is 22.2. The number of thiophene rings is 1. The number of ether oxygens (including phenoxy) is 1. The third-order valence-corrected chi connectivity index (χ3v) is 7.05. The number of fused-ring (bicyclic) bond motifs is 5. The van der Waals surface area contributed by atoms with E-state index in [1.807, 2.05) is 19.1 Å². The molecule has 0 aliphatic carbocycles. The number of nitrogens with one attached hydrogen (secondary N) is 2. The minimum Gasteiger partial charge on any atom is -0.485 e. The van der Waals surface area contributed by atoms with Crippen molar-refractivity contribution in [2.24, 2.45) is 0 Å². The van der Waals surface area contributed by atoms with E-state index >= 15 is 4.39 Å². The minimum absolute atomic E-state index is 0.263. The molecule has 0 saturated heterocycles. The van der Waals surface area contributed by atoms with Crippen LogP contribution in [-0.4, -0.2) is 19.9 Å². The van der Waals surface area contributed by atoms with E-state index in [0.29, 0.717) is 17.9 Å². The second-order valence-electron chi connectivity index (χ2n) is 8.44. The van der Waals surface area contributed by atoms with Crippen LogP contribution >= 0.6 is 11.3 Å². The van der Waals surface area contributed by atoms with E-state index in [1.54, 1.807) is 23.6 Å². The molecule has 0 spiro atoms. The maximum Gasteiger partial charge on any atom is 0.147 e.